The topological polar surface area (TPSA) is 23.6 Å². The Morgan fingerprint density at radius 3 is 2.82 bits per heavy atom. The molecular formula is C14H26N2O. The summed E-state index contributed by atoms with van der Waals surface area (Å²) in [6, 6.07) is 1.19. The molecule has 0 spiro atoms. The van der Waals surface area contributed by atoms with Crippen molar-refractivity contribution in [3.63, 3.8) is 0 Å². The van der Waals surface area contributed by atoms with Gasteiger partial charge in [0.1, 0.15) is 5.78 Å². The van der Waals surface area contributed by atoms with E-state index in [1.54, 1.807) is 0 Å². The first-order valence-electron chi connectivity index (χ1n) is 7.16. The Morgan fingerprint density at radius 1 is 1.29 bits per heavy atom. The van der Waals surface area contributed by atoms with Gasteiger partial charge in [-0.3, -0.25) is 9.69 Å². The normalized spacial score (nSPS) is 33.6. The van der Waals surface area contributed by atoms with Crippen molar-refractivity contribution in [2.24, 2.45) is 0 Å². The van der Waals surface area contributed by atoms with Crippen LogP contribution in [0, 0.1) is 0 Å². The average Bonchev–Trinajstić information content (AvgIpc) is 2.50. The predicted octanol–water partition coefficient (Wildman–Crippen LogP) is 1.91. The zero-order valence-corrected chi connectivity index (χ0v) is 11.3. The van der Waals surface area contributed by atoms with Gasteiger partial charge in [-0.05, 0) is 39.3 Å². The average molecular weight is 238 g/mol. The summed E-state index contributed by atoms with van der Waals surface area (Å²) >= 11 is 0. The Bertz CT molecular complexity index is 267. The van der Waals surface area contributed by atoms with Crippen molar-refractivity contribution < 1.29 is 4.79 Å². The van der Waals surface area contributed by atoms with Crippen molar-refractivity contribution in [2.75, 3.05) is 26.7 Å². The molecule has 3 nitrogen and oxygen atoms in total. The summed E-state index contributed by atoms with van der Waals surface area (Å²) in [5.74, 6) is 0.480. The van der Waals surface area contributed by atoms with Crippen LogP contribution in [0.5, 0.6) is 0 Å². The molecule has 0 bridgehead atoms. The lowest BCUT2D eigenvalue weighted by molar-refractivity contribution is -0.122. The van der Waals surface area contributed by atoms with E-state index in [1.165, 1.54) is 38.9 Å². The molecule has 2 aliphatic rings. The SMILES string of the molecule is CCC1CN(C)CCCN1C1CCCC(=O)C1. The van der Waals surface area contributed by atoms with Crippen LogP contribution in [0.4, 0.5) is 0 Å². The quantitative estimate of drug-likeness (QED) is 0.734. The zero-order valence-electron chi connectivity index (χ0n) is 11.3. The van der Waals surface area contributed by atoms with Crippen LogP contribution < -0.4 is 0 Å². The van der Waals surface area contributed by atoms with Gasteiger partial charge in [0.2, 0.25) is 0 Å². The van der Waals surface area contributed by atoms with Gasteiger partial charge in [-0.1, -0.05) is 6.92 Å². The Hall–Kier alpha value is -0.410. The third kappa shape index (κ3) is 3.29. The van der Waals surface area contributed by atoms with Crippen molar-refractivity contribution in [1.82, 2.24) is 9.80 Å². The maximum atomic E-state index is 11.6. The highest BCUT2D eigenvalue weighted by atomic mass is 16.1. The molecule has 1 aliphatic heterocycles. The number of rotatable bonds is 2. The van der Waals surface area contributed by atoms with Crippen LogP contribution in [0.15, 0.2) is 0 Å². The molecule has 0 N–H and O–H groups in total. The van der Waals surface area contributed by atoms with Crippen LogP contribution in [0.25, 0.3) is 0 Å². The van der Waals surface area contributed by atoms with Gasteiger partial charge in [0.15, 0.2) is 0 Å². The molecule has 1 aliphatic carbocycles. The molecule has 1 saturated carbocycles. The molecule has 2 atom stereocenters. The fourth-order valence-electron chi connectivity index (χ4n) is 3.39. The molecule has 0 aromatic rings. The largest absolute Gasteiger partial charge is 0.305 e. The molecule has 98 valence electrons. The smallest absolute Gasteiger partial charge is 0.134 e. The highest BCUT2D eigenvalue weighted by Gasteiger charge is 2.31. The monoisotopic (exact) mass is 238 g/mol. The number of hydrogen-bond donors (Lipinski definition) is 0. The van der Waals surface area contributed by atoms with Gasteiger partial charge < -0.3 is 4.90 Å². The van der Waals surface area contributed by atoms with Gasteiger partial charge >= 0.3 is 0 Å². The minimum absolute atomic E-state index is 0.480. The second kappa shape index (κ2) is 5.96. The summed E-state index contributed by atoms with van der Waals surface area (Å²) in [7, 11) is 2.22. The Kier molecular flexibility index (Phi) is 4.57. The van der Waals surface area contributed by atoms with Gasteiger partial charge in [0, 0.05) is 38.0 Å². The van der Waals surface area contributed by atoms with E-state index in [0.717, 1.165) is 19.3 Å². The van der Waals surface area contributed by atoms with Crippen molar-refractivity contribution in [1.29, 1.82) is 0 Å². The van der Waals surface area contributed by atoms with E-state index >= 15 is 0 Å². The summed E-state index contributed by atoms with van der Waals surface area (Å²) in [6.07, 6.45) is 6.41. The second-order valence-electron chi connectivity index (χ2n) is 5.70. The highest BCUT2D eigenvalue weighted by Crippen LogP contribution is 2.25. The Labute approximate surface area is 105 Å². The van der Waals surface area contributed by atoms with E-state index < -0.39 is 0 Å². The highest BCUT2D eigenvalue weighted by molar-refractivity contribution is 5.79. The van der Waals surface area contributed by atoms with Crippen molar-refractivity contribution in [3.05, 3.63) is 0 Å². The van der Waals surface area contributed by atoms with Crippen molar-refractivity contribution in [2.45, 2.75) is 57.5 Å². The van der Waals surface area contributed by atoms with Crippen LogP contribution in [0.1, 0.15) is 45.4 Å². The molecular weight excluding hydrogens is 212 g/mol. The van der Waals surface area contributed by atoms with Gasteiger partial charge in [0.05, 0.1) is 0 Å². The lowest BCUT2D eigenvalue weighted by Gasteiger charge is -2.38. The fourth-order valence-corrected chi connectivity index (χ4v) is 3.39. The molecule has 3 heteroatoms. The minimum atomic E-state index is 0.480. The maximum absolute atomic E-state index is 11.6. The second-order valence-corrected chi connectivity index (χ2v) is 5.70. The summed E-state index contributed by atoms with van der Waals surface area (Å²) in [6.45, 7) is 5.83. The number of carbonyl (C=O) groups is 1. The van der Waals surface area contributed by atoms with Gasteiger partial charge in [-0.15, -0.1) is 0 Å². The molecule has 2 rings (SSSR count). The first-order chi connectivity index (χ1) is 8.20. The maximum Gasteiger partial charge on any atom is 0.134 e. The number of carbonyl (C=O) groups excluding carboxylic acids is 1. The molecule has 0 aromatic heterocycles. The third-order valence-corrected chi connectivity index (χ3v) is 4.34. The van der Waals surface area contributed by atoms with Crippen molar-refractivity contribution >= 4 is 5.78 Å². The molecule has 1 saturated heterocycles. The molecule has 0 radical (unpaired) electrons. The first-order valence-corrected chi connectivity index (χ1v) is 7.16. The number of likely N-dealkylation sites (N-methyl/N-ethyl adjacent to an activating group) is 1. The summed E-state index contributed by atoms with van der Waals surface area (Å²) < 4.78 is 0. The molecule has 2 fully saturated rings. The minimum Gasteiger partial charge on any atom is -0.305 e. The number of ketones is 1. The van der Waals surface area contributed by atoms with Gasteiger partial charge in [0.25, 0.3) is 0 Å². The third-order valence-electron chi connectivity index (χ3n) is 4.34. The number of nitrogens with zero attached hydrogens (tertiary/aromatic N) is 2. The molecule has 0 aromatic carbocycles. The molecule has 1 heterocycles. The molecule has 17 heavy (non-hydrogen) atoms. The predicted molar refractivity (Wildman–Crippen MR) is 70.2 cm³/mol. The summed E-state index contributed by atoms with van der Waals surface area (Å²) in [5.41, 5.74) is 0. The Balaban J connectivity index is 2.02. The molecule has 2 unspecified atom stereocenters. The van der Waals surface area contributed by atoms with Crippen LogP contribution in [-0.4, -0.2) is 54.3 Å². The lowest BCUT2D eigenvalue weighted by atomic mass is 9.91. The number of hydrogen-bond acceptors (Lipinski definition) is 3. The summed E-state index contributed by atoms with van der Waals surface area (Å²) in [4.78, 5) is 16.7. The Morgan fingerprint density at radius 2 is 2.12 bits per heavy atom. The van der Waals surface area contributed by atoms with E-state index in [9.17, 15) is 4.79 Å². The van der Waals surface area contributed by atoms with Crippen LogP contribution in [0.3, 0.4) is 0 Å². The van der Waals surface area contributed by atoms with Gasteiger partial charge in [-0.25, -0.2) is 0 Å². The van der Waals surface area contributed by atoms with E-state index in [1.807, 2.05) is 0 Å². The van der Waals surface area contributed by atoms with E-state index in [2.05, 4.69) is 23.8 Å². The molecule has 0 amide bonds. The number of Topliss-reactive ketones (excluding diaryl/α,β-unsaturated/α-hetero) is 1. The van der Waals surface area contributed by atoms with Crippen LogP contribution in [0.2, 0.25) is 0 Å². The first kappa shape index (κ1) is 13.0. The summed E-state index contributed by atoms with van der Waals surface area (Å²) in [5, 5.41) is 0. The zero-order chi connectivity index (χ0) is 12.3. The van der Waals surface area contributed by atoms with Gasteiger partial charge in [-0.2, -0.15) is 0 Å². The van der Waals surface area contributed by atoms with E-state index in [4.69, 9.17) is 0 Å². The van der Waals surface area contributed by atoms with Crippen LogP contribution >= 0.6 is 0 Å². The van der Waals surface area contributed by atoms with E-state index in [0.29, 0.717) is 17.9 Å². The lowest BCUT2D eigenvalue weighted by Crippen LogP contribution is -2.47. The van der Waals surface area contributed by atoms with Crippen molar-refractivity contribution in [3.8, 4) is 0 Å². The fraction of sp³-hybridized carbons (Fsp3) is 0.929. The standard InChI is InChI=1S/C14H26N2O/c1-3-12-11-15(2)8-5-9-16(12)13-6-4-7-14(17)10-13/h12-13H,3-11H2,1-2H3. The van der Waals surface area contributed by atoms with Crippen LogP contribution in [-0.2, 0) is 4.79 Å². The van der Waals surface area contributed by atoms with E-state index in [-0.39, 0.29) is 0 Å².